The minimum absolute atomic E-state index is 0.0397. The van der Waals surface area contributed by atoms with Gasteiger partial charge in [-0.25, -0.2) is 9.59 Å². The van der Waals surface area contributed by atoms with Gasteiger partial charge in [0.05, 0.1) is 11.5 Å². The van der Waals surface area contributed by atoms with Gasteiger partial charge in [0.25, 0.3) is 0 Å². The van der Waals surface area contributed by atoms with Crippen LogP contribution < -0.4 is 21.0 Å². The molecule has 0 radical (unpaired) electrons. The number of nitrogens with zero attached hydrogens (tertiary/aromatic N) is 2. The quantitative estimate of drug-likeness (QED) is 0.641. The molecule has 2 aromatic heterocycles. The summed E-state index contributed by atoms with van der Waals surface area (Å²) >= 11 is 5.95. The summed E-state index contributed by atoms with van der Waals surface area (Å²) in [6.07, 6.45) is 3.12. The van der Waals surface area contributed by atoms with Crippen molar-refractivity contribution in [2.24, 2.45) is 0 Å². The number of urea groups is 1. The zero-order chi connectivity index (χ0) is 22.0. The van der Waals surface area contributed by atoms with E-state index in [4.69, 9.17) is 20.8 Å². The summed E-state index contributed by atoms with van der Waals surface area (Å²) in [5.41, 5.74) is 0.614. The number of nitrogens with one attached hydrogen (secondary N) is 2. The molecule has 31 heavy (non-hydrogen) atoms. The van der Waals surface area contributed by atoms with Crippen LogP contribution >= 0.6 is 11.6 Å². The van der Waals surface area contributed by atoms with E-state index in [0.29, 0.717) is 22.0 Å². The van der Waals surface area contributed by atoms with Crippen LogP contribution in [0.1, 0.15) is 22.8 Å². The van der Waals surface area contributed by atoms with Crippen molar-refractivity contribution in [3.63, 3.8) is 0 Å². The van der Waals surface area contributed by atoms with E-state index in [2.05, 4.69) is 15.6 Å². The molecule has 1 aromatic carbocycles. The predicted octanol–water partition coefficient (Wildman–Crippen LogP) is 4.08. The number of halogens is 1. The van der Waals surface area contributed by atoms with Crippen molar-refractivity contribution in [1.82, 2.24) is 10.3 Å². The van der Waals surface area contributed by atoms with Gasteiger partial charge in [-0.1, -0.05) is 23.7 Å². The molecule has 9 heteroatoms. The Hall–Kier alpha value is -4.09. The van der Waals surface area contributed by atoms with Crippen LogP contribution in [0, 0.1) is 18.3 Å². The highest BCUT2D eigenvalue weighted by molar-refractivity contribution is 6.30. The van der Waals surface area contributed by atoms with Crippen LogP contribution in [0.15, 0.2) is 75.5 Å². The van der Waals surface area contributed by atoms with Crippen LogP contribution in [0.25, 0.3) is 0 Å². The molecule has 0 fully saturated rings. The molecule has 0 saturated carbocycles. The molecule has 154 valence electrons. The molecule has 0 aliphatic carbocycles. The summed E-state index contributed by atoms with van der Waals surface area (Å²) in [6, 6.07) is 13.0. The van der Waals surface area contributed by atoms with Gasteiger partial charge in [0, 0.05) is 29.2 Å². The zero-order valence-corrected chi connectivity index (χ0v) is 16.9. The van der Waals surface area contributed by atoms with Crippen molar-refractivity contribution < 1.29 is 13.9 Å². The first-order valence-electron chi connectivity index (χ1n) is 9.16. The van der Waals surface area contributed by atoms with Crippen LogP contribution in [-0.2, 0) is 0 Å². The first-order chi connectivity index (χ1) is 15.0. The molecule has 0 bridgehead atoms. The van der Waals surface area contributed by atoms with Gasteiger partial charge in [0.15, 0.2) is 0 Å². The Kier molecular flexibility index (Phi) is 5.43. The SMILES string of the molecule is Cc1cc2c(c(=O)o1)C(c1cccnc1)C(C#N)=C(NC(=O)Nc1cccc(Cl)c1)O2. The molecule has 8 nitrogen and oxygen atoms in total. The van der Waals surface area contributed by atoms with Crippen LogP contribution in [-0.4, -0.2) is 11.0 Å². The van der Waals surface area contributed by atoms with Gasteiger partial charge in [-0.15, -0.1) is 0 Å². The number of rotatable bonds is 3. The van der Waals surface area contributed by atoms with Gasteiger partial charge in [-0.2, -0.15) is 5.26 Å². The highest BCUT2D eigenvalue weighted by Gasteiger charge is 2.35. The molecule has 2 N–H and O–H groups in total. The fourth-order valence-electron chi connectivity index (χ4n) is 3.30. The van der Waals surface area contributed by atoms with Crippen LogP contribution in [0.4, 0.5) is 10.5 Å². The fraction of sp³-hybridized carbons (Fsp3) is 0.0909. The topological polar surface area (TPSA) is 117 Å². The van der Waals surface area contributed by atoms with Gasteiger partial charge in [-0.3, -0.25) is 10.3 Å². The number of hydrogen-bond acceptors (Lipinski definition) is 6. The fourth-order valence-corrected chi connectivity index (χ4v) is 3.49. The third-order valence-corrected chi connectivity index (χ3v) is 4.79. The van der Waals surface area contributed by atoms with Crippen LogP contribution in [0.2, 0.25) is 5.02 Å². The minimum atomic E-state index is -0.819. The molecular weight excluding hydrogens is 420 g/mol. The number of pyridine rings is 1. The molecule has 1 unspecified atom stereocenters. The second kappa shape index (κ2) is 8.34. The minimum Gasteiger partial charge on any atom is -0.439 e. The number of ether oxygens (including phenoxy) is 1. The number of nitriles is 1. The molecule has 1 aliphatic heterocycles. The summed E-state index contributed by atoms with van der Waals surface area (Å²) in [5, 5.41) is 15.5. The number of aromatic nitrogens is 1. The van der Waals surface area contributed by atoms with Crippen LogP contribution in [0.3, 0.4) is 0 Å². The third-order valence-electron chi connectivity index (χ3n) is 4.56. The molecule has 0 saturated heterocycles. The van der Waals surface area contributed by atoms with Gasteiger partial charge in [0.1, 0.15) is 23.2 Å². The van der Waals surface area contributed by atoms with Gasteiger partial charge < -0.3 is 14.5 Å². The Bertz CT molecular complexity index is 1290. The Morgan fingerprint density at radius 2 is 2.06 bits per heavy atom. The standard InChI is InChI=1S/C22H15ClN4O4/c1-12-8-17-19(21(28)30-12)18(13-4-3-7-25-11-13)16(10-24)20(31-17)27-22(29)26-15-6-2-5-14(23)9-15/h2-9,11,18H,1H3,(H2,26,27,29). The average Bonchev–Trinajstić information content (AvgIpc) is 2.73. The zero-order valence-electron chi connectivity index (χ0n) is 16.2. The van der Waals surface area contributed by atoms with Crippen molar-refractivity contribution in [2.75, 3.05) is 5.32 Å². The lowest BCUT2D eigenvalue weighted by Crippen LogP contribution is -2.35. The second-order valence-electron chi connectivity index (χ2n) is 6.69. The Morgan fingerprint density at radius 1 is 1.23 bits per heavy atom. The number of aryl methyl sites for hydroxylation is 1. The maximum atomic E-state index is 12.6. The maximum Gasteiger partial charge on any atom is 0.343 e. The van der Waals surface area contributed by atoms with E-state index in [-0.39, 0.29) is 22.8 Å². The van der Waals surface area contributed by atoms with E-state index in [0.717, 1.165) is 0 Å². The van der Waals surface area contributed by atoms with Crippen molar-refractivity contribution in [3.8, 4) is 11.8 Å². The summed E-state index contributed by atoms with van der Waals surface area (Å²) in [6.45, 7) is 1.60. The molecule has 3 heterocycles. The number of hydrogen-bond donors (Lipinski definition) is 2. The number of allylic oxidation sites excluding steroid dienone is 1. The van der Waals surface area contributed by atoms with E-state index in [1.807, 2.05) is 6.07 Å². The van der Waals surface area contributed by atoms with E-state index in [1.165, 1.54) is 6.07 Å². The van der Waals surface area contributed by atoms with E-state index >= 15 is 0 Å². The first kappa shape index (κ1) is 20.2. The molecule has 3 aromatic rings. The Balaban J connectivity index is 1.76. The monoisotopic (exact) mass is 434 g/mol. The normalized spacial score (nSPS) is 14.8. The number of carbonyl (C=O) groups excluding carboxylic acids is 1. The van der Waals surface area contributed by atoms with Crippen molar-refractivity contribution >= 4 is 23.3 Å². The van der Waals surface area contributed by atoms with Gasteiger partial charge in [0.2, 0.25) is 5.88 Å². The highest BCUT2D eigenvalue weighted by atomic mass is 35.5. The van der Waals surface area contributed by atoms with Crippen molar-refractivity contribution in [2.45, 2.75) is 12.8 Å². The summed E-state index contributed by atoms with van der Waals surface area (Å²) < 4.78 is 11.0. The molecule has 4 rings (SSSR count). The summed E-state index contributed by atoms with van der Waals surface area (Å²) in [7, 11) is 0. The number of fused-ring (bicyclic) bond motifs is 1. The van der Waals surface area contributed by atoms with Crippen molar-refractivity contribution in [1.29, 1.82) is 5.26 Å². The average molecular weight is 435 g/mol. The number of benzene rings is 1. The van der Waals surface area contributed by atoms with E-state index in [1.54, 1.807) is 55.7 Å². The summed E-state index contributed by atoms with van der Waals surface area (Å²) in [4.78, 5) is 29.3. The molecular formula is C22H15ClN4O4. The highest BCUT2D eigenvalue weighted by Crippen LogP contribution is 2.40. The largest absolute Gasteiger partial charge is 0.439 e. The smallest absolute Gasteiger partial charge is 0.343 e. The second-order valence-corrected chi connectivity index (χ2v) is 7.12. The lowest BCUT2D eigenvalue weighted by molar-refractivity contribution is 0.247. The third kappa shape index (κ3) is 4.13. The number of anilines is 1. The Labute approximate surface area is 181 Å². The molecule has 1 atom stereocenters. The lowest BCUT2D eigenvalue weighted by Gasteiger charge is -2.26. The van der Waals surface area contributed by atoms with E-state index < -0.39 is 17.6 Å². The van der Waals surface area contributed by atoms with Crippen LogP contribution in [0.5, 0.6) is 5.75 Å². The number of carbonyl (C=O) groups is 1. The number of amides is 2. The maximum absolute atomic E-state index is 12.6. The van der Waals surface area contributed by atoms with Gasteiger partial charge in [-0.05, 0) is 36.8 Å². The van der Waals surface area contributed by atoms with Gasteiger partial charge >= 0.3 is 11.7 Å². The molecule has 2 amide bonds. The van der Waals surface area contributed by atoms with E-state index in [9.17, 15) is 14.9 Å². The molecule has 0 spiro atoms. The Morgan fingerprint density at radius 3 is 2.77 bits per heavy atom. The summed E-state index contributed by atoms with van der Waals surface area (Å²) in [5.74, 6) is -0.384. The van der Waals surface area contributed by atoms with Crippen molar-refractivity contribution in [3.05, 3.63) is 98.6 Å². The first-order valence-corrected chi connectivity index (χ1v) is 9.54. The lowest BCUT2D eigenvalue weighted by atomic mass is 9.85. The molecule has 1 aliphatic rings. The predicted molar refractivity (Wildman–Crippen MR) is 113 cm³/mol.